The van der Waals surface area contributed by atoms with E-state index >= 15 is 0 Å². The van der Waals surface area contributed by atoms with Crippen molar-refractivity contribution in [3.8, 4) is 0 Å². The highest BCUT2D eigenvalue weighted by Crippen LogP contribution is 2.08. The molecule has 0 N–H and O–H groups in total. The fourth-order valence-corrected chi connectivity index (χ4v) is 2.47. The van der Waals surface area contributed by atoms with Crippen molar-refractivity contribution in [3.63, 3.8) is 0 Å². The number of carbonyl (C=O) groups excluding carboxylic acids is 1. The summed E-state index contributed by atoms with van der Waals surface area (Å²) in [5.41, 5.74) is 2.32. The molecule has 0 amide bonds. The van der Waals surface area contributed by atoms with Gasteiger partial charge in [0, 0.05) is 11.6 Å². The molecule has 22 heavy (non-hydrogen) atoms. The monoisotopic (exact) mass is 296 g/mol. The van der Waals surface area contributed by atoms with Gasteiger partial charge >= 0.3 is 0 Å². The van der Waals surface area contributed by atoms with Gasteiger partial charge in [-0.1, -0.05) is 37.6 Å². The van der Waals surface area contributed by atoms with Crippen LogP contribution < -0.4 is 5.56 Å². The molecule has 112 valence electrons. The van der Waals surface area contributed by atoms with Crippen molar-refractivity contribution in [2.45, 2.75) is 26.3 Å². The molecular formula is C16H16N4O2. The first-order valence-electron chi connectivity index (χ1n) is 7.19. The smallest absolute Gasteiger partial charge is 0.255 e. The number of benzene rings is 1. The zero-order valence-corrected chi connectivity index (χ0v) is 12.3. The average Bonchev–Trinajstić information content (AvgIpc) is 3.02. The molecule has 6 heteroatoms. The molecule has 0 atom stereocenters. The zero-order valence-electron chi connectivity index (χ0n) is 12.3. The van der Waals surface area contributed by atoms with Crippen molar-refractivity contribution < 1.29 is 4.79 Å². The van der Waals surface area contributed by atoms with E-state index in [1.54, 1.807) is 27.3 Å². The van der Waals surface area contributed by atoms with E-state index in [0.29, 0.717) is 17.9 Å². The van der Waals surface area contributed by atoms with Gasteiger partial charge in [0.25, 0.3) is 5.56 Å². The normalized spacial score (nSPS) is 11.0. The van der Waals surface area contributed by atoms with Crippen LogP contribution in [-0.4, -0.2) is 25.5 Å². The lowest BCUT2D eigenvalue weighted by atomic mass is 10.1. The van der Waals surface area contributed by atoms with Crippen LogP contribution in [0.25, 0.3) is 5.78 Å². The van der Waals surface area contributed by atoms with Crippen LogP contribution in [0.2, 0.25) is 0 Å². The molecule has 3 rings (SSSR count). The van der Waals surface area contributed by atoms with E-state index in [9.17, 15) is 9.59 Å². The van der Waals surface area contributed by atoms with Gasteiger partial charge in [-0.3, -0.25) is 14.2 Å². The van der Waals surface area contributed by atoms with E-state index in [-0.39, 0.29) is 5.56 Å². The summed E-state index contributed by atoms with van der Waals surface area (Å²) in [6.45, 7) is 2.45. The predicted octanol–water partition coefficient (Wildman–Crippen LogP) is 1.70. The molecule has 3 aromatic rings. The van der Waals surface area contributed by atoms with Crippen molar-refractivity contribution in [2.75, 3.05) is 0 Å². The Morgan fingerprint density at radius 3 is 2.68 bits per heavy atom. The minimum atomic E-state index is -0.0941. The Labute approximate surface area is 127 Å². The highest BCUT2D eigenvalue weighted by Gasteiger charge is 2.10. The molecule has 0 radical (unpaired) electrons. The van der Waals surface area contributed by atoms with E-state index < -0.39 is 0 Å². The van der Waals surface area contributed by atoms with Crippen LogP contribution in [-0.2, 0) is 13.0 Å². The van der Waals surface area contributed by atoms with Crippen LogP contribution in [0.1, 0.15) is 35.0 Å². The van der Waals surface area contributed by atoms with E-state index in [0.717, 1.165) is 30.4 Å². The zero-order chi connectivity index (χ0) is 15.5. The van der Waals surface area contributed by atoms with Gasteiger partial charge in [0.1, 0.15) is 12.6 Å². The summed E-state index contributed by atoms with van der Waals surface area (Å²) in [7, 11) is 0. The molecule has 0 unspecified atom stereocenters. The summed E-state index contributed by atoms with van der Waals surface area (Å²) in [5, 5.41) is 4.21. The van der Waals surface area contributed by atoms with Crippen molar-refractivity contribution in [1.82, 2.24) is 19.2 Å². The maximum absolute atomic E-state index is 12.4. The highest BCUT2D eigenvalue weighted by atomic mass is 16.1. The van der Waals surface area contributed by atoms with E-state index in [1.807, 2.05) is 12.1 Å². The van der Waals surface area contributed by atoms with Crippen LogP contribution >= 0.6 is 0 Å². The number of hydrogen-bond donors (Lipinski definition) is 0. The molecule has 6 nitrogen and oxygen atoms in total. The minimum absolute atomic E-state index is 0.0941. The maximum atomic E-state index is 12.4. The molecule has 0 bridgehead atoms. The van der Waals surface area contributed by atoms with Crippen molar-refractivity contribution in [1.29, 1.82) is 0 Å². The number of aldehydes is 1. The highest BCUT2D eigenvalue weighted by molar-refractivity contribution is 5.74. The van der Waals surface area contributed by atoms with E-state index in [4.69, 9.17) is 0 Å². The molecule has 0 saturated heterocycles. The van der Waals surface area contributed by atoms with Crippen LogP contribution in [0.3, 0.4) is 0 Å². The van der Waals surface area contributed by atoms with Gasteiger partial charge in [0.15, 0.2) is 0 Å². The first-order chi connectivity index (χ1) is 10.7. The number of aryl methyl sites for hydroxylation is 1. The second kappa shape index (κ2) is 5.93. The molecule has 0 aliphatic carbocycles. The largest absolute Gasteiger partial charge is 0.298 e. The summed E-state index contributed by atoms with van der Waals surface area (Å²) in [6.07, 6.45) is 3.97. The molecule has 0 aliphatic heterocycles. The first-order valence-corrected chi connectivity index (χ1v) is 7.19. The fraction of sp³-hybridized carbons (Fsp3) is 0.250. The summed E-state index contributed by atoms with van der Waals surface area (Å²) < 4.78 is 3.30. The van der Waals surface area contributed by atoms with Gasteiger partial charge in [-0.25, -0.2) is 4.52 Å². The first kappa shape index (κ1) is 14.2. The second-order valence-corrected chi connectivity index (χ2v) is 5.14. The average molecular weight is 296 g/mol. The van der Waals surface area contributed by atoms with E-state index in [2.05, 4.69) is 17.0 Å². The molecule has 2 aromatic heterocycles. The third-order valence-electron chi connectivity index (χ3n) is 3.56. The molecule has 0 aliphatic rings. The summed E-state index contributed by atoms with van der Waals surface area (Å²) in [6, 6.07) is 8.76. The van der Waals surface area contributed by atoms with Crippen LogP contribution in [0.5, 0.6) is 0 Å². The Morgan fingerprint density at radius 1 is 1.23 bits per heavy atom. The van der Waals surface area contributed by atoms with Crippen molar-refractivity contribution in [3.05, 3.63) is 63.8 Å². The van der Waals surface area contributed by atoms with Gasteiger partial charge in [-0.15, -0.1) is 0 Å². The molecule has 0 spiro atoms. The lowest BCUT2D eigenvalue weighted by molar-refractivity contribution is 0.112. The second-order valence-electron chi connectivity index (χ2n) is 5.14. The number of aromatic nitrogens is 4. The molecule has 0 saturated carbocycles. The Kier molecular flexibility index (Phi) is 3.82. The van der Waals surface area contributed by atoms with Crippen LogP contribution in [0.15, 0.2) is 41.5 Å². The van der Waals surface area contributed by atoms with Crippen LogP contribution in [0.4, 0.5) is 0 Å². The van der Waals surface area contributed by atoms with Gasteiger partial charge in [-0.05, 0) is 12.0 Å². The third-order valence-corrected chi connectivity index (χ3v) is 3.56. The number of carbonyl (C=O) groups is 1. The number of fused-ring (bicyclic) bond motifs is 1. The molecule has 0 fully saturated rings. The van der Waals surface area contributed by atoms with Crippen molar-refractivity contribution in [2.24, 2.45) is 0 Å². The van der Waals surface area contributed by atoms with Gasteiger partial charge in [0.2, 0.25) is 5.78 Å². The number of hydrogen-bond acceptors (Lipinski definition) is 4. The summed E-state index contributed by atoms with van der Waals surface area (Å²) in [5.74, 6) is 0.537. The summed E-state index contributed by atoms with van der Waals surface area (Å²) in [4.78, 5) is 27.3. The molecule has 2 heterocycles. The van der Waals surface area contributed by atoms with Gasteiger partial charge in [-0.2, -0.15) is 10.1 Å². The Morgan fingerprint density at radius 2 is 2.00 bits per heavy atom. The Hall–Kier alpha value is -2.76. The topological polar surface area (TPSA) is 69.3 Å². The Bertz CT molecular complexity index is 862. The SMILES string of the molecule is CCCc1cc(=O)n(Cc2ccc(C=O)cc2)c2ncnn12. The maximum Gasteiger partial charge on any atom is 0.255 e. The predicted molar refractivity (Wildman–Crippen MR) is 82.2 cm³/mol. The number of rotatable bonds is 5. The third kappa shape index (κ3) is 2.55. The fourth-order valence-electron chi connectivity index (χ4n) is 2.47. The quantitative estimate of drug-likeness (QED) is 0.672. The van der Waals surface area contributed by atoms with Gasteiger partial charge < -0.3 is 0 Å². The molecular weight excluding hydrogens is 280 g/mol. The standard InChI is InChI=1S/C16H16N4O2/c1-2-3-14-8-15(22)19(16-17-11-18-20(14)16)9-12-4-6-13(10-21)7-5-12/h4-8,10-11H,2-3,9H2,1H3. The van der Waals surface area contributed by atoms with Crippen molar-refractivity contribution >= 4 is 12.1 Å². The lowest BCUT2D eigenvalue weighted by Crippen LogP contribution is -2.24. The number of nitrogens with zero attached hydrogens (tertiary/aromatic N) is 4. The summed E-state index contributed by atoms with van der Waals surface area (Å²) >= 11 is 0. The van der Waals surface area contributed by atoms with E-state index in [1.165, 1.54) is 6.33 Å². The lowest BCUT2D eigenvalue weighted by Gasteiger charge is -2.10. The molecule has 1 aromatic carbocycles. The van der Waals surface area contributed by atoms with Gasteiger partial charge in [0.05, 0.1) is 12.2 Å². The minimum Gasteiger partial charge on any atom is -0.298 e. The Balaban J connectivity index is 2.04. The van der Waals surface area contributed by atoms with Crippen LogP contribution in [0, 0.1) is 0 Å².